The van der Waals surface area contributed by atoms with Gasteiger partial charge in [-0.15, -0.1) is 0 Å². The number of anilines is 3. The number of hydrogen-bond donors (Lipinski definition) is 2. The third-order valence-electron chi connectivity index (χ3n) is 3.65. The summed E-state index contributed by atoms with van der Waals surface area (Å²) in [6.07, 6.45) is 0. The minimum absolute atomic E-state index is 0.0315. The van der Waals surface area contributed by atoms with Crippen molar-refractivity contribution in [3.05, 3.63) is 89.0 Å². The first-order valence-electron chi connectivity index (χ1n) is 8.19. The van der Waals surface area contributed by atoms with E-state index < -0.39 is 4.92 Å². The van der Waals surface area contributed by atoms with Gasteiger partial charge >= 0.3 is 0 Å². The normalized spacial score (nSPS) is 10.1. The van der Waals surface area contributed by atoms with Crippen molar-refractivity contribution in [1.82, 2.24) is 0 Å². The topological polar surface area (TPSA) is 93.5 Å². The number of carbonyl (C=O) groups excluding carboxylic acids is 1. The standard InChI is InChI=1S/C20H17N3O4/c24-20(14-27-19-12-10-18(11-13-19)23(25)26)22-17-8-6-16(7-9-17)21-15-4-2-1-3-5-15/h1-13,21H,14H2,(H,22,24). The quantitative estimate of drug-likeness (QED) is 0.481. The Labute approximate surface area is 155 Å². The highest BCUT2D eigenvalue weighted by molar-refractivity contribution is 5.92. The fourth-order valence-corrected chi connectivity index (χ4v) is 2.34. The van der Waals surface area contributed by atoms with Gasteiger partial charge in [-0.25, -0.2) is 0 Å². The van der Waals surface area contributed by atoms with Crippen LogP contribution in [0.25, 0.3) is 0 Å². The lowest BCUT2D eigenvalue weighted by Gasteiger charge is -2.09. The number of hydrogen-bond acceptors (Lipinski definition) is 5. The van der Waals surface area contributed by atoms with Crippen molar-refractivity contribution >= 4 is 28.7 Å². The van der Waals surface area contributed by atoms with Gasteiger partial charge in [0.1, 0.15) is 5.75 Å². The van der Waals surface area contributed by atoms with Gasteiger partial charge in [0.05, 0.1) is 4.92 Å². The maximum Gasteiger partial charge on any atom is 0.269 e. The fraction of sp³-hybridized carbons (Fsp3) is 0.0500. The van der Waals surface area contributed by atoms with Crippen molar-refractivity contribution in [3.8, 4) is 5.75 Å². The molecular formula is C20H17N3O4. The van der Waals surface area contributed by atoms with Crippen LogP contribution < -0.4 is 15.4 Å². The minimum atomic E-state index is -0.493. The number of ether oxygens (including phenoxy) is 1. The van der Waals surface area contributed by atoms with Crippen LogP contribution in [-0.2, 0) is 4.79 Å². The number of non-ortho nitro benzene ring substituents is 1. The van der Waals surface area contributed by atoms with E-state index in [1.165, 1.54) is 24.3 Å². The lowest BCUT2D eigenvalue weighted by Crippen LogP contribution is -2.20. The first kappa shape index (κ1) is 17.9. The van der Waals surface area contributed by atoms with Gasteiger partial charge in [0, 0.05) is 29.2 Å². The number of nitrogens with one attached hydrogen (secondary N) is 2. The van der Waals surface area contributed by atoms with Gasteiger partial charge in [0.25, 0.3) is 11.6 Å². The van der Waals surface area contributed by atoms with Crippen molar-refractivity contribution in [1.29, 1.82) is 0 Å². The Balaban J connectivity index is 1.49. The maximum absolute atomic E-state index is 12.0. The summed E-state index contributed by atoms with van der Waals surface area (Å²) in [6, 6.07) is 22.6. The fourth-order valence-electron chi connectivity index (χ4n) is 2.34. The van der Waals surface area contributed by atoms with E-state index in [2.05, 4.69) is 10.6 Å². The van der Waals surface area contributed by atoms with E-state index in [1.807, 2.05) is 42.5 Å². The van der Waals surface area contributed by atoms with Gasteiger partial charge in [0.2, 0.25) is 0 Å². The number of carbonyl (C=O) groups is 1. The molecule has 3 rings (SSSR count). The first-order chi connectivity index (χ1) is 13.1. The first-order valence-corrected chi connectivity index (χ1v) is 8.19. The molecule has 0 fully saturated rings. The Morgan fingerprint density at radius 2 is 1.44 bits per heavy atom. The predicted octanol–water partition coefficient (Wildman–Crippen LogP) is 4.36. The Morgan fingerprint density at radius 1 is 0.852 bits per heavy atom. The smallest absolute Gasteiger partial charge is 0.269 e. The molecule has 2 N–H and O–H groups in total. The van der Waals surface area contributed by atoms with Crippen LogP contribution >= 0.6 is 0 Å². The van der Waals surface area contributed by atoms with Crippen LogP contribution in [0.3, 0.4) is 0 Å². The summed E-state index contributed by atoms with van der Waals surface area (Å²) >= 11 is 0. The molecule has 7 heteroatoms. The molecule has 27 heavy (non-hydrogen) atoms. The van der Waals surface area contributed by atoms with Crippen molar-refractivity contribution in [2.75, 3.05) is 17.2 Å². The molecule has 0 spiro atoms. The van der Waals surface area contributed by atoms with Crippen LogP contribution in [0, 0.1) is 10.1 Å². The molecule has 0 atom stereocenters. The van der Waals surface area contributed by atoms with Gasteiger partial charge < -0.3 is 15.4 Å². The SMILES string of the molecule is O=C(COc1ccc([N+](=O)[O-])cc1)Nc1ccc(Nc2ccccc2)cc1. The highest BCUT2D eigenvalue weighted by atomic mass is 16.6. The summed E-state index contributed by atoms with van der Waals surface area (Å²) in [6.45, 7) is -0.193. The lowest BCUT2D eigenvalue weighted by molar-refractivity contribution is -0.384. The highest BCUT2D eigenvalue weighted by Gasteiger charge is 2.07. The Morgan fingerprint density at radius 3 is 2.07 bits per heavy atom. The lowest BCUT2D eigenvalue weighted by atomic mass is 10.2. The molecule has 0 aliphatic heterocycles. The van der Waals surface area contributed by atoms with Crippen LogP contribution in [0.4, 0.5) is 22.7 Å². The summed E-state index contributed by atoms with van der Waals surface area (Å²) in [5, 5.41) is 16.6. The molecule has 136 valence electrons. The zero-order valence-electron chi connectivity index (χ0n) is 14.3. The molecule has 0 aliphatic rings. The van der Waals surface area contributed by atoms with Crippen LogP contribution in [0.15, 0.2) is 78.9 Å². The Kier molecular flexibility index (Phi) is 5.64. The predicted molar refractivity (Wildman–Crippen MR) is 103 cm³/mol. The molecule has 0 bridgehead atoms. The van der Waals surface area contributed by atoms with E-state index in [9.17, 15) is 14.9 Å². The molecule has 0 saturated heterocycles. The molecular weight excluding hydrogens is 346 g/mol. The maximum atomic E-state index is 12.0. The number of amides is 1. The molecule has 3 aromatic carbocycles. The van der Waals surface area contributed by atoms with Crippen LogP contribution in [0.5, 0.6) is 5.75 Å². The van der Waals surface area contributed by atoms with E-state index in [0.29, 0.717) is 11.4 Å². The van der Waals surface area contributed by atoms with Crippen molar-refractivity contribution < 1.29 is 14.5 Å². The summed E-state index contributed by atoms with van der Waals surface area (Å²) in [5.41, 5.74) is 2.49. The number of rotatable bonds is 7. The zero-order valence-corrected chi connectivity index (χ0v) is 14.3. The average molecular weight is 363 g/mol. The van der Waals surface area contributed by atoms with Crippen molar-refractivity contribution in [3.63, 3.8) is 0 Å². The number of para-hydroxylation sites is 1. The van der Waals surface area contributed by atoms with E-state index in [0.717, 1.165) is 11.4 Å². The largest absolute Gasteiger partial charge is 0.484 e. The van der Waals surface area contributed by atoms with Gasteiger partial charge in [0.15, 0.2) is 6.61 Å². The van der Waals surface area contributed by atoms with Gasteiger partial charge in [-0.3, -0.25) is 14.9 Å². The second kappa shape index (κ2) is 8.48. The molecule has 0 heterocycles. The molecule has 3 aromatic rings. The van der Waals surface area contributed by atoms with Crippen LogP contribution in [0.1, 0.15) is 0 Å². The minimum Gasteiger partial charge on any atom is -0.484 e. The average Bonchev–Trinajstić information content (AvgIpc) is 2.69. The van der Waals surface area contributed by atoms with E-state index in [-0.39, 0.29) is 18.2 Å². The molecule has 0 unspecified atom stereocenters. The third kappa shape index (κ3) is 5.30. The molecule has 0 radical (unpaired) electrons. The van der Waals surface area contributed by atoms with Gasteiger partial charge in [-0.2, -0.15) is 0 Å². The summed E-state index contributed by atoms with van der Waals surface area (Å²) in [7, 11) is 0. The van der Waals surface area contributed by atoms with Gasteiger partial charge in [-0.05, 0) is 48.5 Å². The van der Waals surface area contributed by atoms with Crippen molar-refractivity contribution in [2.45, 2.75) is 0 Å². The monoisotopic (exact) mass is 363 g/mol. The molecule has 0 aliphatic carbocycles. The Bertz CT molecular complexity index is 910. The van der Waals surface area contributed by atoms with E-state index >= 15 is 0 Å². The summed E-state index contributed by atoms with van der Waals surface area (Å²) < 4.78 is 5.33. The summed E-state index contributed by atoms with van der Waals surface area (Å²) in [5.74, 6) is 0.0651. The second-order valence-electron chi connectivity index (χ2n) is 5.66. The van der Waals surface area contributed by atoms with Crippen molar-refractivity contribution in [2.24, 2.45) is 0 Å². The number of nitrogens with zero attached hydrogens (tertiary/aromatic N) is 1. The molecule has 1 amide bonds. The third-order valence-corrected chi connectivity index (χ3v) is 3.65. The summed E-state index contributed by atoms with van der Waals surface area (Å²) in [4.78, 5) is 22.1. The molecule has 7 nitrogen and oxygen atoms in total. The zero-order chi connectivity index (χ0) is 19.1. The number of benzene rings is 3. The van der Waals surface area contributed by atoms with E-state index in [4.69, 9.17) is 4.74 Å². The van der Waals surface area contributed by atoms with Gasteiger partial charge in [-0.1, -0.05) is 18.2 Å². The highest BCUT2D eigenvalue weighted by Crippen LogP contribution is 2.19. The molecule has 0 aromatic heterocycles. The second-order valence-corrected chi connectivity index (χ2v) is 5.66. The number of nitro benzene ring substituents is 1. The molecule has 0 saturated carbocycles. The number of nitro groups is 1. The van der Waals surface area contributed by atoms with Crippen LogP contribution in [-0.4, -0.2) is 17.4 Å². The van der Waals surface area contributed by atoms with Crippen LogP contribution in [0.2, 0.25) is 0 Å². The van der Waals surface area contributed by atoms with E-state index in [1.54, 1.807) is 12.1 Å². The Hall–Kier alpha value is -3.87.